The van der Waals surface area contributed by atoms with Crippen molar-refractivity contribution in [3.8, 4) is 11.3 Å². The Morgan fingerprint density at radius 3 is 2.56 bits per heavy atom. The molecule has 9 heteroatoms. The molecule has 2 amide bonds. The molecule has 1 N–H and O–H groups in total. The highest BCUT2D eigenvalue weighted by Gasteiger charge is 2.45. The maximum atomic E-state index is 13.9. The van der Waals surface area contributed by atoms with Crippen LogP contribution in [0.15, 0.2) is 48.5 Å². The van der Waals surface area contributed by atoms with Crippen LogP contribution in [0.1, 0.15) is 35.3 Å². The molecule has 176 valence electrons. The number of hydrogen-bond donors (Lipinski definition) is 1. The minimum atomic E-state index is -0.446. The van der Waals surface area contributed by atoms with Crippen LogP contribution in [0.4, 0.5) is 5.69 Å². The Morgan fingerprint density at radius 1 is 1.06 bits per heavy atom. The van der Waals surface area contributed by atoms with Gasteiger partial charge in [-0.3, -0.25) is 19.2 Å². The molecular weight excluding hydrogens is 475 g/mol. The van der Waals surface area contributed by atoms with Crippen molar-refractivity contribution in [3.05, 3.63) is 69.8 Å². The highest BCUT2D eigenvalue weighted by molar-refractivity contribution is 6.33. The summed E-state index contributed by atoms with van der Waals surface area (Å²) in [5.41, 5.74) is 3.23. The molecule has 1 aromatic heterocycles. The Morgan fingerprint density at radius 2 is 1.82 bits per heavy atom. The van der Waals surface area contributed by atoms with Gasteiger partial charge < -0.3 is 10.0 Å². The Balaban J connectivity index is 1.72. The first-order valence-corrected chi connectivity index (χ1v) is 12.1. The third kappa shape index (κ3) is 3.98. The summed E-state index contributed by atoms with van der Waals surface area (Å²) < 4.78 is 1.67. The Hall–Kier alpha value is -2.87. The van der Waals surface area contributed by atoms with E-state index in [1.165, 1.54) is 4.90 Å². The Labute approximate surface area is 207 Å². The standard InChI is InChI=1S/C25H24Cl2N4O3/c26-17-10-8-16(9-11-17)15-31-23-22(21(28-31)18-5-1-2-6-19(18)27)29-12-3-7-20(29)24(33)30(25(23)34)13-4-14-32/h1-2,5-6,8-11,20,32H,3-4,7,12-15H2. The number of aliphatic hydroxyl groups excluding tert-OH is 1. The summed E-state index contributed by atoms with van der Waals surface area (Å²) >= 11 is 12.6. The molecule has 0 bridgehead atoms. The van der Waals surface area contributed by atoms with Crippen LogP contribution in [0, 0.1) is 0 Å². The predicted octanol–water partition coefficient (Wildman–Crippen LogP) is 4.24. The summed E-state index contributed by atoms with van der Waals surface area (Å²) in [6.07, 6.45) is 1.82. The van der Waals surface area contributed by atoms with Crippen molar-refractivity contribution in [2.75, 3.05) is 24.6 Å². The van der Waals surface area contributed by atoms with Crippen LogP contribution in [-0.4, -0.2) is 57.3 Å². The fourth-order valence-corrected chi connectivity index (χ4v) is 5.14. The van der Waals surface area contributed by atoms with E-state index in [1.807, 2.05) is 35.2 Å². The van der Waals surface area contributed by atoms with Gasteiger partial charge in [-0.2, -0.15) is 5.10 Å². The van der Waals surface area contributed by atoms with Gasteiger partial charge in [-0.15, -0.1) is 0 Å². The van der Waals surface area contributed by atoms with Crippen molar-refractivity contribution in [2.45, 2.75) is 31.8 Å². The molecule has 2 aromatic carbocycles. The molecular formula is C25H24Cl2N4O3. The summed E-state index contributed by atoms with van der Waals surface area (Å²) in [5, 5.41) is 15.4. The lowest BCUT2D eigenvalue weighted by atomic mass is 10.1. The summed E-state index contributed by atoms with van der Waals surface area (Å²) in [6.45, 7) is 1.03. The molecule has 1 unspecified atom stereocenters. The molecule has 0 aliphatic carbocycles. The minimum Gasteiger partial charge on any atom is -0.396 e. The summed E-state index contributed by atoms with van der Waals surface area (Å²) in [4.78, 5) is 30.6. The number of fused-ring (bicyclic) bond motifs is 3. The zero-order valence-corrected chi connectivity index (χ0v) is 20.0. The van der Waals surface area contributed by atoms with E-state index in [2.05, 4.69) is 0 Å². The smallest absolute Gasteiger partial charge is 0.280 e. The maximum Gasteiger partial charge on any atom is 0.280 e. The third-order valence-electron chi connectivity index (χ3n) is 6.38. The average molecular weight is 499 g/mol. The van der Waals surface area contributed by atoms with E-state index in [0.717, 1.165) is 12.0 Å². The first-order valence-electron chi connectivity index (χ1n) is 11.3. The maximum absolute atomic E-state index is 13.9. The number of anilines is 1. The van der Waals surface area contributed by atoms with E-state index in [9.17, 15) is 14.7 Å². The second-order valence-electron chi connectivity index (χ2n) is 8.53. The van der Waals surface area contributed by atoms with Crippen LogP contribution in [-0.2, 0) is 11.3 Å². The van der Waals surface area contributed by atoms with Gasteiger partial charge in [0.05, 0.1) is 17.3 Å². The van der Waals surface area contributed by atoms with Crippen LogP contribution >= 0.6 is 23.2 Å². The number of benzene rings is 2. The van der Waals surface area contributed by atoms with Crippen molar-refractivity contribution < 1.29 is 14.7 Å². The summed E-state index contributed by atoms with van der Waals surface area (Å²) in [6, 6.07) is 14.3. The van der Waals surface area contributed by atoms with E-state index in [4.69, 9.17) is 28.3 Å². The third-order valence-corrected chi connectivity index (χ3v) is 6.96. The van der Waals surface area contributed by atoms with Crippen molar-refractivity contribution >= 4 is 40.7 Å². The van der Waals surface area contributed by atoms with Crippen LogP contribution < -0.4 is 4.90 Å². The minimum absolute atomic E-state index is 0.104. The lowest BCUT2D eigenvalue weighted by Gasteiger charge is -2.26. The average Bonchev–Trinajstić information content (AvgIpc) is 3.43. The van der Waals surface area contributed by atoms with Crippen molar-refractivity contribution in [1.29, 1.82) is 0 Å². The second kappa shape index (κ2) is 9.41. The molecule has 0 spiro atoms. The summed E-state index contributed by atoms with van der Waals surface area (Å²) in [5.74, 6) is -0.627. The predicted molar refractivity (Wildman–Crippen MR) is 131 cm³/mol. The van der Waals surface area contributed by atoms with Crippen molar-refractivity contribution in [2.24, 2.45) is 0 Å². The fourth-order valence-electron chi connectivity index (χ4n) is 4.79. The van der Waals surface area contributed by atoms with E-state index >= 15 is 0 Å². The Kier molecular flexibility index (Phi) is 6.34. The topological polar surface area (TPSA) is 78.7 Å². The SMILES string of the molecule is O=C1c2c(c(-c3ccccc3Cl)nn2Cc2ccc(Cl)cc2)N2CCCC2C(=O)N1CCCO. The molecule has 5 rings (SSSR count). The number of imide groups is 1. The fraction of sp³-hybridized carbons (Fsp3) is 0.320. The highest BCUT2D eigenvalue weighted by Crippen LogP contribution is 2.42. The van der Waals surface area contributed by atoms with Crippen molar-refractivity contribution in [1.82, 2.24) is 14.7 Å². The van der Waals surface area contributed by atoms with E-state index in [1.54, 1.807) is 22.9 Å². The van der Waals surface area contributed by atoms with Crippen molar-refractivity contribution in [3.63, 3.8) is 0 Å². The van der Waals surface area contributed by atoms with Gasteiger partial charge in [-0.25, -0.2) is 0 Å². The number of carbonyl (C=O) groups excluding carboxylic acids is 2. The van der Waals surface area contributed by atoms with Gasteiger partial charge in [0.25, 0.3) is 11.8 Å². The number of halogens is 2. The Bertz CT molecular complexity index is 1240. The molecule has 0 radical (unpaired) electrons. The molecule has 34 heavy (non-hydrogen) atoms. The number of carbonyl (C=O) groups is 2. The monoisotopic (exact) mass is 498 g/mol. The molecule has 1 atom stereocenters. The van der Waals surface area contributed by atoms with Gasteiger partial charge >= 0.3 is 0 Å². The van der Waals surface area contributed by atoms with E-state index in [0.29, 0.717) is 58.6 Å². The number of aromatic nitrogens is 2. The van der Waals surface area contributed by atoms with Gasteiger partial charge in [-0.1, -0.05) is 53.5 Å². The molecule has 3 heterocycles. The normalized spacial score (nSPS) is 17.7. The largest absolute Gasteiger partial charge is 0.396 e. The van der Waals surface area contributed by atoms with Crippen LogP contribution in [0.5, 0.6) is 0 Å². The highest BCUT2D eigenvalue weighted by atomic mass is 35.5. The summed E-state index contributed by atoms with van der Waals surface area (Å²) in [7, 11) is 0. The number of hydrogen-bond acceptors (Lipinski definition) is 5. The van der Waals surface area contributed by atoms with Crippen LogP contribution in [0.25, 0.3) is 11.3 Å². The van der Waals surface area contributed by atoms with Gasteiger partial charge in [0.1, 0.15) is 11.7 Å². The first-order chi connectivity index (χ1) is 16.5. The molecule has 7 nitrogen and oxygen atoms in total. The van der Waals surface area contributed by atoms with Gasteiger partial charge in [-0.05, 0) is 43.0 Å². The first kappa shape index (κ1) is 22.9. The lowest BCUT2D eigenvalue weighted by Crippen LogP contribution is -2.46. The van der Waals surface area contributed by atoms with Gasteiger partial charge in [0.15, 0.2) is 5.69 Å². The number of rotatable bonds is 6. The van der Waals surface area contributed by atoms with Crippen LogP contribution in [0.3, 0.4) is 0 Å². The molecule has 1 fully saturated rings. The number of amides is 2. The molecule has 0 saturated carbocycles. The molecule has 2 aliphatic heterocycles. The lowest BCUT2D eigenvalue weighted by molar-refractivity contribution is -0.129. The second-order valence-corrected chi connectivity index (χ2v) is 9.38. The number of aliphatic hydroxyl groups is 1. The zero-order chi connectivity index (χ0) is 23.8. The quantitative estimate of drug-likeness (QED) is 0.514. The number of nitrogens with zero attached hydrogens (tertiary/aromatic N) is 4. The van der Waals surface area contributed by atoms with Gasteiger partial charge in [0, 0.05) is 30.3 Å². The van der Waals surface area contributed by atoms with Crippen LogP contribution in [0.2, 0.25) is 10.0 Å². The molecule has 2 aliphatic rings. The van der Waals surface area contributed by atoms with E-state index < -0.39 is 11.9 Å². The van der Waals surface area contributed by atoms with E-state index in [-0.39, 0.29) is 19.1 Å². The van der Waals surface area contributed by atoms with Gasteiger partial charge in [0.2, 0.25) is 0 Å². The molecule has 1 saturated heterocycles. The molecule has 3 aromatic rings. The zero-order valence-electron chi connectivity index (χ0n) is 18.5.